The average Bonchev–Trinajstić information content (AvgIpc) is 2.96. The van der Waals surface area contributed by atoms with E-state index < -0.39 is 17.5 Å². The van der Waals surface area contributed by atoms with E-state index >= 15 is 0 Å². The summed E-state index contributed by atoms with van der Waals surface area (Å²) < 4.78 is 32.4. The van der Waals surface area contributed by atoms with Crippen LogP contribution in [0.2, 0.25) is 0 Å². The van der Waals surface area contributed by atoms with Crippen LogP contribution >= 0.6 is 0 Å². The molecule has 2 bridgehead atoms. The third-order valence-electron chi connectivity index (χ3n) is 5.52. The first-order chi connectivity index (χ1) is 13.9. The molecule has 1 aromatic heterocycles. The molecule has 8 heteroatoms. The summed E-state index contributed by atoms with van der Waals surface area (Å²) >= 11 is 0. The molecule has 0 spiro atoms. The Hall–Kier alpha value is -3.03. The summed E-state index contributed by atoms with van der Waals surface area (Å²) in [5, 5.41) is 2.93. The summed E-state index contributed by atoms with van der Waals surface area (Å²) in [6.45, 7) is 1.57. The Labute approximate surface area is 166 Å². The van der Waals surface area contributed by atoms with Crippen LogP contribution in [-0.2, 0) is 4.79 Å². The van der Waals surface area contributed by atoms with Crippen LogP contribution in [0.1, 0.15) is 43.0 Å². The summed E-state index contributed by atoms with van der Waals surface area (Å²) in [6.07, 6.45) is 4.15. The molecule has 1 N–H and O–H groups in total. The van der Waals surface area contributed by atoms with Gasteiger partial charge in [-0.05, 0) is 56.0 Å². The van der Waals surface area contributed by atoms with Crippen LogP contribution in [0.15, 0.2) is 36.5 Å². The van der Waals surface area contributed by atoms with E-state index in [2.05, 4.69) is 10.3 Å². The van der Waals surface area contributed by atoms with Gasteiger partial charge in [-0.15, -0.1) is 0 Å². The molecule has 2 saturated heterocycles. The number of rotatable bonds is 4. The number of hydrogen-bond acceptors (Lipinski definition) is 4. The molecule has 2 unspecified atom stereocenters. The van der Waals surface area contributed by atoms with Gasteiger partial charge in [-0.3, -0.25) is 9.59 Å². The number of halogens is 2. The summed E-state index contributed by atoms with van der Waals surface area (Å²) in [7, 11) is 0. The number of benzene rings is 1. The van der Waals surface area contributed by atoms with Crippen molar-refractivity contribution in [2.75, 3.05) is 0 Å². The van der Waals surface area contributed by atoms with Crippen molar-refractivity contribution in [3.63, 3.8) is 0 Å². The SMILES string of the molecule is CC(=O)N1C2CCC1CC(NC(=O)c1cc(F)cnc1Oc1ccc(F)cc1)C2. The fraction of sp³-hybridized carbons (Fsp3) is 0.381. The summed E-state index contributed by atoms with van der Waals surface area (Å²) in [4.78, 5) is 30.5. The van der Waals surface area contributed by atoms with Gasteiger partial charge in [0.25, 0.3) is 5.91 Å². The van der Waals surface area contributed by atoms with E-state index in [0.717, 1.165) is 25.1 Å². The number of fused-ring (bicyclic) bond motifs is 2. The van der Waals surface area contributed by atoms with Crippen LogP contribution in [0.5, 0.6) is 11.6 Å². The zero-order valence-electron chi connectivity index (χ0n) is 15.9. The number of nitrogens with zero attached hydrogens (tertiary/aromatic N) is 2. The van der Waals surface area contributed by atoms with Gasteiger partial charge in [-0.25, -0.2) is 13.8 Å². The third kappa shape index (κ3) is 4.06. The van der Waals surface area contributed by atoms with Crippen molar-refractivity contribution in [3.05, 3.63) is 53.7 Å². The van der Waals surface area contributed by atoms with E-state index in [9.17, 15) is 18.4 Å². The summed E-state index contributed by atoms with van der Waals surface area (Å²) in [6, 6.07) is 6.44. The standard InChI is InChI=1S/C21H21F2N3O3/c1-12(27)26-16-4-5-17(26)10-15(9-16)25-20(28)19-8-14(23)11-24-21(19)29-18-6-2-13(22)3-7-18/h2-3,6-8,11,15-17H,4-5,9-10H2,1H3,(H,25,28). The highest BCUT2D eigenvalue weighted by Crippen LogP contribution is 2.36. The molecule has 2 amide bonds. The average molecular weight is 401 g/mol. The number of carbonyl (C=O) groups is 2. The molecule has 29 heavy (non-hydrogen) atoms. The molecule has 2 fully saturated rings. The first kappa shape index (κ1) is 19.3. The van der Waals surface area contributed by atoms with Gasteiger partial charge in [0.15, 0.2) is 0 Å². The van der Waals surface area contributed by atoms with Gasteiger partial charge in [0.2, 0.25) is 11.8 Å². The summed E-state index contributed by atoms with van der Waals surface area (Å²) in [5.74, 6) is -1.28. The maximum atomic E-state index is 13.8. The van der Waals surface area contributed by atoms with Gasteiger partial charge < -0.3 is 15.0 Å². The Bertz CT molecular complexity index is 921. The summed E-state index contributed by atoms with van der Waals surface area (Å²) in [5.41, 5.74) is -0.0318. The molecule has 0 aliphatic carbocycles. The van der Waals surface area contributed by atoms with E-state index in [-0.39, 0.29) is 41.2 Å². The van der Waals surface area contributed by atoms with E-state index in [1.165, 1.54) is 24.3 Å². The van der Waals surface area contributed by atoms with E-state index in [1.807, 2.05) is 4.90 Å². The predicted octanol–water partition coefficient (Wildman–Crippen LogP) is 3.42. The monoisotopic (exact) mass is 401 g/mol. The predicted molar refractivity (Wildman–Crippen MR) is 100 cm³/mol. The third-order valence-corrected chi connectivity index (χ3v) is 5.52. The van der Waals surface area contributed by atoms with Gasteiger partial charge in [0.1, 0.15) is 22.9 Å². The number of amides is 2. The Morgan fingerprint density at radius 3 is 2.38 bits per heavy atom. The fourth-order valence-electron chi connectivity index (χ4n) is 4.36. The lowest BCUT2D eigenvalue weighted by molar-refractivity contribution is -0.133. The maximum Gasteiger partial charge on any atom is 0.257 e. The molecule has 0 saturated carbocycles. The fourth-order valence-corrected chi connectivity index (χ4v) is 4.36. The van der Waals surface area contributed by atoms with Crippen LogP contribution in [-0.4, -0.2) is 39.8 Å². The molecule has 2 atom stereocenters. The number of piperidine rings is 1. The van der Waals surface area contributed by atoms with Crippen molar-refractivity contribution in [2.24, 2.45) is 0 Å². The van der Waals surface area contributed by atoms with Crippen molar-refractivity contribution >= 4 is 11.8 Å². The normalized spacial score (nSPS) is 23.0. The molecule has 6 nitrogen and oxygen atoms in total. The van der Waals surface area contributed by atoms with Crippen LogP contribution in [0, 0.1) is 11.6 Å². The smallest absolute Gasteiger partial charge is 0.257 e. The lowest BCUT2D eigenvalue weighted by Gasteiger charge is -2.38. The first-order valence-electron chi connectivity index (χ1n) is 9.59. The van der Waals surface area contributed by atoms with Crippen molar-refractivity contribution < 1.29 is 23.1 Å². The molecule has 4 rings (SSSR count). The molecule has 0 radical (unpaired) electrons. The van der Waals surface area contributed by atoms with Crippen molar-refractivity contribution in [1.82, 2.24) is 15.2 Å². The highest BCUT2D eigenvalue weighted by atomic mass is 19.1. The lowest BCUT2D eigenvalue weighted by Crippen LogP contribution is -2.51. The largest absolute Gasteiger partial charge is 0.438 e. The Balaban J connectivity index is 1.49. The molecule has 2 aliphatic heterocycles. The number of carbonyl (C=O) groups excluding carboxylic acids is 2. The Morgan fingerprint density at radius 2 is 1.76 bits per heavy atom. The molecule has 2 aromatic rings. The highest BCUT2D eigenvalue weighted by Gasteiger charge is 2.42. The minimum atomic E-state index is -0.659. The Morgan fingerprint density at radius 1 is 1.10 bits per heavy atom. The van der Waals surface area contributed by atoms with Crippen molar-refractivity contribution in [3.8, 4) is 11.6 Å². The highest BCUT2D eigenvalue weighted by molar-refractivity contribution is 5.96. The van der Waals surface area contributed by atoms with E-state index in [0.29, 0.717) is 12.8 Å². The van der Waals surface area contributed by atoms with Gasteiger partial charge in [-0.2, -0.15) is 0 Å². The molecule has 152 valence electrons. The van der Waals surface area contributed by atoms with Crippen LogP contribution in [0.25, 0.3) is 0 Å². The Kier molecular flexibility index (Phi) is 5.17. The first-order valence-corrected chi connectivity index (χ1v) is 9.59. The molecule has 3 heterocycles. The van der Waals surface area contributed by atoms with Crippen molar-refractivity contribution in [2.45, 2.75) is 50.7 Å². The van der Waals surface area contributed by atoms with E-state index in [4.69, 9.17) is 4.74 Å². The lowest BCUT2D eigenvalue weighted by atomic mass is 9.97. The molecule has 1 aromatic carbocycles. The minimum absolute atomic E-state index is 0.0318. The van der Waals surface area contributed by atoms with Crippen LogP contribution < -0.4 is 10.1 Å². The maximum absolute atomic E-state index is 13.8. The second kappa shape index (κ2) is 7.77. The quantitative estimate of drug-likeness (QED) is 0.852. The molecular weight excluding hydrogens is 380 g/mol. The number of ether oxygens (including phenoxy) is 1. The number of pyridine rings is 1. The zero-order chi connectivity index (χ0) is 20.5. The number of nitrogens with one attached hydrogen (secondary N) is 1. The molecule has 2 aliphatic rings. The van der Waals surface area contributed by atoms with Gasteiger partial charge in [0, 0.05) is 25.0 Å². The van der Waals surface area contributed by atoms with Crippen LogP contribution in [0.3, 0.4) is 0 Å². The van der Waals surface area contributed by atoms with Gasteiger partial charge >= 0.3 is 0 Å². The number of aromatic nitrogens is 1. The number of hydrogen-bond donors (Lipinski definition) is 1. The second-order valence-corrected chi connectivity index (χ2v) is 7.52. The zero-order valence-corrected chi connectivity index (χ0v) is 15.9. The minimum Gasteiger partial charge on any atom is -0.438 e. The van der Waals surface area contributed by atoms with E-state index in [1.54, 1.807) is 6.92 Å². The second-order valence-electron chi connectivity index (χ2n) is 7.52. The molecular formula is C21H21F2N3O3. The van der Waals surface area contributed by atoms with Crippen molar-refractivity contribution in [1.29, 1.82) is 0 Å². The van der Waals surface area contributed by atoms with Gasteiger partial charge in [0.05, 0.1) is 6.20 Å². The van der Waals surface area contributed by atoms with Gasteiger partial charge in [-0.1, -0.05) is 0 Å². The topological polar surface area (TPSA) is 71.5 Å². The van der Waals surface area contributed by atoms with Crippen LogP contribution in [0.4, 0.5) is 8.78 Å².